The summed E-state index contributed by atoms with van der Waals surface area (Å²) in [6, 6.07) is 3.18. The Labute approximate surface area is 106 Å². The summed E-state index contributed by atoms with van der Waals surface area (Å²) < 4.78 is 0. The number of urea groups is 1. The van der Waals surface area contributed by atoms with Crippen LogP contribution in [0.5, 0.6) is 0 Å². The van der Waals surface area contributed by atoms with Gasteiger partial charge >= 0.3 is 6.03 Å². The van der Waals surface area contributed by atoms with Crippen LogP contribution in [0.3, 0.4) is 0 Å². The van der Waals surface area contributed by atoms with Crippen LogP contribution in [0.2, 0.25) is 0 Å². The van der Waals surface area contributed by atoms with Crippen LogP contribution in [0.25, 0.3) is 0 Å². The third-order valence-corrected chi connectivity index (χ3v) is 2.53. The lowest BCUT2D eigenvalue weighted by Gasteiger charge is -2.16. The second-order valence-corrected chi connectivity index (χ2v) is 3.98. The molecule has 0 radical (unpaired) electrons. The topological polar surface area (TPSA) is 88.3 Å². The van der Waals surface area contributed by atoms with Crippen LogP contribution in [0.1, 0.15) is 18.2 Å². The zero-order valence-electron chi connectivity index (χ0n) is 10.6. The number of hydrogen-bond donors (Lipinski definition) is 2. The number of primary amides is 1. The van der Waals surface area contributed by atoms with E-state index >= 15 is 0 Å². The minimum Gasteiger partial charge on any atom is -0.352 e. The first-order valence-electron chi connectivity index (χ1n) is 5.74. The number of carbonyl (C=O) groups is 2. The molecule has 0 fully saturated rings. The van der Waals surface area contributed by atoms with E-state index in [-0.39, 0.29) is 12.5 Å². The molecule has 1 rings (SSSR count). The molecule has 0 aromatic carbocycles. The van der Waals surface area contributed by atoms with E-state index in [1.165, 1.54) is 4.90 Å². The van der Waals surface area contributed by atoms with Crippen LogP contribution in [-0.2, 0) is 17.8 Å². The fourth-order valence-corrected chi connectivity index (χ4v) is 1.39. The van der Waals surface area contributed by atoms with Gasteiger partial charge in [0.2, 0.25) is 5.91 Å². The lowest BCUT2D eigenvalue weighted by atomic mass is 10.2. The van der Waals surface area contributed by atoms with Crippen LogP contribution in [-0.4, -0.2) is 35.4 Å². The molecule has 0 bridgehead atoms. The summed E-state index contributed by atoms with van der Waals surface area (Å²) in [6.07, 6.45) is 2.74. The van der Waals surface area contributed by atoms with Crippen molar-refractivity contribution in [1.29, 1.82) is 0 Å². The number of pyridine rings is 1. The SMILES string of the molecule is CCc1ccc(CN(C)C(=O)CNC(N)=O)nc1. The highest BCUT2D eigenvalue weighted by molar-refractivity contribution is 5.83. The summed E-state index contributed by atoms with van der Waals surface area (Å²) in [5, 5.41) is 2.26. The average Bonchev–Trinajstić information content (AvgIpc) is 2.36. The molecule has 0 aliphatic carbocycles. The van der Waals surface area contributed by atoms with Crippen molar-refractivity contribution >= 4 is 11.9 Å². The van der Waals surface area contributed by atoms with Gasteiger partial charge in [-0.15, -0.1) is 0 Å². The molecule has 98 valence electrons. The van der Waals surface area contributed by atoms with Crippen LogP contribution in [0, 0.1) is 0 Å². The maximum Gasteiger partial charge on any atom is 0.312 e. The molecule has 18 heavy (non-hydrogen) atoms. The molecule has 0 aliphatic rings. The molecule has 1 heterocycles. The molecule has 0 aliphatic heterocycles. The van der Waals surface area contributed by atoms with Gasteiger partial charge in [-0.3, -0.25) is 9.78 Å². The van der Waals surface area contributed by atoms with Gasteiger partial charge < -0.3 is 16.0 Å². The lowest BCUT2D eigenvalue weighted by Crippen LogP contribution is -2.40. The summed E-state index contributed by atoms with van der Waals surface area (Å²) in [4.78, 5) is 27.8. The standard InChI is InChI=1S/C12H18N4O2/c1-3-9-4-5-10(14-6-9)8-16(2)11(17)7-15-12(13)18/h4-6H,3,7-8H2,1-2H3,(H3,13,15,18). The molecule has 6 heteroatoms. The Morgan fingerprint density at radius 3 is 2.67 bits per heavy atom. The highest BCUT2D eigenvalue weighted by Crippen LogP contribution is 2.03. The van der Waals surface area contributed by atoms with E-state index in [1.807, 2.05) is 12.1 Å². The van der Waals surface area contributed by atoms with Gasteiger partial charge in [-0.1, -0.05) is 13.0 Å². The van der Waals surface area contributed by atoms with Gasteiger partial charge in [-0.2, -0.15) is 0 Å². The number of hydrogen-bond acceptors (Lipinski definition) is 3. The van der Waals surface area contributed by atoms with Crippen molar-refractivity contribution in [1.82, 2.24) is 15.2 Å². The van der Waals surface area contributed by atoms with Crippen molar-refractivity contribution in [2.24, 2.45) is 5.73 Å². The van der Waals surface area contributed by atoms with Crippen LogP contribution < -0.4 is 11.1 Å². The molecular weight excluding hydrogens is 232 g/mol. The maximum absolute atomic E-state index is 11.6. The zero-order valence-corrected chi connectivity index (χ0v) is 10.6. The molecule has 0 unspecified atom stereocenters. The fourth-order valence-electron chi connectivity index (χ4n) is 1.39. The van der Waals surface area contributed by atoms with Crippen molar-refractivity contribution < 1.29 is 9.59 Å². The lowest BCUT2D eigenvalue weighted by molar-refractivity contribution is -0.129. The number of rotatable bonds is 5. The van der Waals surface area contributed by atoms with E-state index in [0.717, 1.165) is 17.7 Å². The maximum atomic E-state index is 11.6. The Hall–Kier alpha value is -2.11. The second kappa shape index (κ2) is 6.58. The molecule has 3 amide bonds. The summed E-state index contributed by atoms with van der Waals surface area (Å²) in [5.74, 6) is -0.213. The van der Waals surface area contributed by atoms with Crippen LogP contribution >= 0.6 is 0 Å². The van der Waals surface area contributed by atoms with Crippen molar-refractivity contribution in [3.05, 3.63) is 29.6 Å². The first kappa shape index (κ1) is 14.0. The molecule has 0 atom stereocenters. The number of amides is 3. The van der Waals surface area contributed by atoms with E-state index in [2.05, 4.69) is 17.2 Å². The third-order valence-electron chi connectivity index (χ3n) is 2.53. The minimum absolute atomic E-state index is 0.0983. The Bertz CT molecular complexity index is 417. The molecule has 1 aromatic heterocycles. The van der Waals surface area contributed by atoms with Gasteiger partial charge in [-0.05, 0) is 18.1 Å². The van der Waals surface area contributed by atoms with Gasteiger partial charge in [-0.25, -0.2) is 4.79 Å². The zero-order chi connectivity index (χ0) is 13.5. The van der Waals surface area contributed by atoms with Gasteiger partial charge in [0, 0.05) is 13.2 Å². The van der Waals surface area contributed by atoms with Gasteiger partial charge in [0.15, 0.2) is 0 Å². The van der Waals surface area contributed by atoms with Crippen molar-refractivity contribution in [2.45, 2.75) is 19.9 Å². The third kappa shape index (κ3) is 4.40. The fraction of sp³-hybridized carbons (Fsp3) is 0.417. The Morgan fingerprint density at radius 2 is 2.17 bits per heavy atom. The van der Waals surface area contributed by atoms with Crippen LogP contribution in [0.15, 0.2) is 18.3 Å². The van der Waals surface area contributed by atoms with E-state index in [0.29, 0.717) is 6.54 Å². The Balaban J connectivity index is 2.49. The number of aryl methyl sites for hydroxylation is 1. The number of nitrogens with two attached hydrogens (primary N) is 1. The second-order valence-electron chi connectivity index (χ2n) is 3.98. The first-order chi connectivity index (χ1) is 8.52. The smallest absolute Gasteiger partial charge is 0.312 e. The molecule has 0 saturated carbocycles. The number of aromatic nitrogens is 1. The van der Waals surface area contributed by atoms with Crippen LogP contribution in [0.4, 0.5) is 4.79 Å². The molecular formula is C12H18N4O2. The van der Waals surface area contributed by atoms with Gasteiger partial charge in [0.1, 0.15) is 0 Å². The van der Waals surface area contributed by atoms with E-state index < -0.39 is 6.03 Å². The van der Waals surface area contributed by atoms with Crippen molar-refractivity contribution in [2.75, 3.05) is 13.6 Å². The number of likely N-dealkylation sites (N-methyl/N-ethyl adjacent to an activating group) is 1. The first-order valence-corrected chi connectivity index (χ1v) is 5.74. The highest BCUT2D eigenvalue weighted by Gasteiger charge is 2.10. The largest absolute Gasteiger partial charge is 0.352 e. The molecule has 6 nitrogen and oxygen atoms in total. The van der Waals surface area contributed by atoms with Crippen molar-refractivity contribution in [3.63, 3.8) is 0 Å². The monoisotopic (exact) mass is 250 g/mol. The predicted molar refractivity (Wildman–Crippen MR) is 67.7 cm³/mol. The van der Waals surface area contributed by atoms with Crippen molar-refractivity contribution in [3.8, 4) is 0 Å². The number of carbonyl (C=O) groups excluding carboxylic acids is 2. The highest BCUT2D eigenvalue weighted by atomic mass is 16.2. The summed E-state index contributed by atoms with van der Waals surface area (Å²) in [6.45, 7) is 2.37. The van der Waals surface area contributed by atoms with E-state index in [9.17, 15) is 9.59 Å². The predicted octanol–water partition coefficient (Wildman–Crippen LogP) is 0.271. The molecule has 0 spiro atoms. The van der Waals surface area contributed by atoms with E-state index in [1.54, 1.807) is 13.2 Å². The quantitative estimate of drug-likeness (QED) is 0.786. The Kier molecular flexibility index (Phi) is 5.10. The summed E-state index contributed by atoms with van der Waals surface area (Å²) in [7, 11) is 1.65. The number of nitrogens with zero attached hydrogens (tertiary/aromatic N) is 2. The Morgan fingerprint density at radius 1 is 1.44 bits per heavy atom. The molecule has 1 aromatic rings. The minimum atomic E-state index is -0.706. The molecule has 3 N–H and O–H groups in total. The summed E-state index contributed by atoms with van der Waals surface area (Å²) in [5.41, 5.74) is 6.86. The average molecular weight is 250 g/mol. The molecule has 0 saturated heterocycles. The normalized spacial score (nSPS) is 9.89. The van der Waals surface area contributed by atoms with Gasteiger partial charge in [0.25, 0.3) is 0 Å². The van der Waals surface area contributed by atoms with E-state index in [4.69, 9.17) is 5.73 Å². The summed E-state index contributed by atoms with van der Waals surface area (Å²) >= 11 is 0. The number of nitrogens with one attached hydrogen (secondary N) is 1. The van der Waals surface area contributed by atoms with Gasteiger partial charge in [0.05, 0.1) is 18.8 Å².